The van der Waals surface area contributed by atoms with Crippen LogP contribution in [0, 0.1) is 0 Å². The quantitative estimate of drug-likeness (QED) is 0.912. The Morgan fingerprint density at radius 1 is 1.32 bits per heavy atom. The highest BCUT2D eigenvalue weighted by molar-refractivity contribution is 7.13. The summed E-state index contributed by atoms with van der Waals surface area (Å²) in [4.78, 5) is 16.2. The SMILES string of the molecule is COc1cc(C(=O)Nc2nccs2)ccc1OC1CCCC1. The number of amides is 1. The Balaban J connectivity index is 1.74. The van der Waals surface area contributed by atoms with Crippen molar-refractivity contribution in [3.63, 3.8) is 0 Å². The van der Waals surface area contributed by atoms with Gasteiger partial charge in [-0.25, -0.2) is 4.98 Å². The number of nitrogens with one attached hydrogen (secondary N) is 1. The molecule has 1 fully saturated rings. The fourth-order valence-corrected chi connectivity index (χ4v) is 3.07. The molecule has 0 spiro atoms. The van der Waals surface area contributed by atoms with Gasteiger partial charge in [-0.1, -0.05) is 0 Å². The van der Waals surface area contributed by atoms with Crippen LogP contribution in [0.25, 0.3) is 0 Å². The average Bonchev–Trinajstić information content (AvgIpc) is 3.21. The van der Waals surface area contributed by atoms with E-state index >= 15 is 0 Å². The number of carbonyl (C=O) groups excluding carboxylic acids is 1. The molecule has 0 saturated heterocycles. The second-order valence-corrected chi connectivity index (χ2v) is 6.08. The third-order valence-electron chi connectivity index (χ3n) is 3.67. The lowest BCUT2D eigenvalue weighted by Gasteiger charge is -2.16. The molecule has 1 amide bonds. The van der Waals surface area contributed by atoms with E-state index < -0.39 is 0 Å². The number of thiazole rings is 1. The molecule has 1 aliphatic carbocycles. The van der Waals surface area contributed by atoms with Crippen molar-refractivity contribution < 1.29 is 14.3 Å². The van der Waals surface area contributed by atoms with E-state index in [4.69, 9.17) is 9.47 Å². The molecular weight excluding hydrogens is 300 g/mol. The first-order valence-electron chi connectivity index (χ1n) is 7.32. The van der Waals surface area contributed by atoms with Crippen molar-refractivity contribution >= 4 is 22.4 Å². The van der Waals surface area contributed by atoms with Crippen LogP contribution in [0.5, 0.6) is 11.5 Å². The van der Waals surface area contributed by atoms with E-state index in [-0.39, 0.29) is 12.0 Å². The van der Waals surface area contributed by atoms with Crippen molar-refractivity contribution in [3.05, 3.63) is 35.3 Å². The number of methoxy groups -OCH3 is 1. The molecular formula is C16H18N2O3S. The first kappa shape index (κ1) is 14.8. The molecule has 3 rings (SSSR count). The van der Waals surface area contributed by atoms with Gasteiger partial charge in [0.15, 0.2) is 16.6 Å². The zero-order valence-electron chi connectivity index (χ0n) is 12.4. The van der Waals surface area contributed by atoms with E-state index in [1.54, 1.807) is 31.5 Å². The number of aromatic nitrogens is 1. The van der Waals surface area contributed by atoms with Crippen LogP contribution in [0.15, 0.2) is 29.8 Å². The van der Waals surface area contributed by atoms with Crippen LogP contribution >= 0.6 is 11.3 Å². The number of anilines is 1. The smallest absolute Gasteiger partial charge is 0.257 e. The van der Waals surface area contributed by atoms with Gasteiger partial charge in [0.1, 0.15) is 0 Å². The molecule has 6 heteroatoms. The lowest BCUT2D eigenvalue weighted by atomic mass is 10.2. The van der Waals surface area contributed by atoms with Gasteiger partial charge in [0.25, 0.3) is 5.91 Å². The number of rotatable bonds is 5. The van der Waals surface area contributed by atoms with E-state index in [2.05, 4.69) is 10.3 Å². The Bertz CT molecular complexity index is 637. The van der Waals surface area contributed by atoms with Gasteiger partial charge in [-0.3, -0.25) is 10.1 Å². The maximum absolute atomic E-state index is 12.2. The van der Waals surface area contributed by atoms with Crippen molar-refractivity contribution in [1.82, 2.24) is 4.98 Å². The molecule has 1 N–H and O–H groups in total. The minimum absolute atomic E-state index is 0.208. The van der Waals surface area contributed by atoms with Crippen LogP contribution in [0.4, 0.5) is 5.13 Å². The predicted molar refractivity (Wildman–Crippen MR) is 85.9 cm³/mol. The van der Waals surface area contributed by atoms with Crippen molar-refractivity contribution in [3.8, 4) is 11.5 Å². The number of benzene rings is 1. The second-order valence-electron chi connectivity index (χ2n) is 5.18. The van der Waals surface area contributed by atoms with Crippen LogP contribution in [0.1, 0.15) is 36.0 Å². The molecule has 22 heavy (non-hydrogen) atoms. The van der Waals surface area contributed by atoms with E-state index in [9.17, 15) is 4.79 Å². The Kier molecular flexibility index (Phi) is 4.58. The summed E-state index contributed by atoms with van der Waals surface area (Å²) >= 11 is 1.38. The van der Waals surface area contributed by atoms with Gasteiger partial charge in [0.05, 0.1) is 13.2 Å². The highest BCUT2D eigenvalue weighted by atomic mass is 32.1. The van der Waals surface area contributed by atoms with Gasteiger partial charge in [0.2, 0.25) is 0 Å². The standard InChI is InChI=1S/C16H18N2O3S/c1-20-14-10-11(15(19)18-16-17-8-9-22-16)6-7-13(14)21-12-4-2-3-5-12/h6-10,12H,2-5H2,1H3,(H,17,18,19). The van der Waals surface area contributed by atoms with Crippen molar-refractivity contribution in [1.29, 1.82) is 0 Å². The zero-order valence-corrected chi connectivity index (χ0v) is 13.2. The van der Waals surface area contributed by atoms with Gasteiger partial charge in [-0.2, -0.15) is 0 Å². The highest BCUT2D eigenvalue weighted by Gasteiger charge is 2.19. The van der Waals surface area contributed by atoms with Gasteiger partial charge in [-0.15, -0.1) is 11.3 Å². The maximum atomic E-state index is 12.2. The summed E-state index contributed by atoms with van der Waals surface area (Å²) in [5.41, 5.74) is 0.519. The third-order valence-corrected chi connectivity index (χ3v) is 4.36. The number of hydrogen-bond donors (Lipinski definition) is 1. The van der Waals surface area contributed by atoms with Gasteiger partial charge >= 0.3 is 0 Å². The van der Waals surface area contributed by atoms with E-state index in [1.807, 2.05) is 5.38 Å². The summed E-state index contributed by atoms with van der Waals surface area (Å²) in [6, 6.07) is 5.25. The summed E-state index contributed by atoms with van der Waals surface area (Å²) < 4.78 is 11.3. The van der Waals surface area contributed by atoms with Crippen LogP contribution in [-0.4, -0.2) is 24.1 Å². The molecule has 0 radical (unpaired) electrons. The summed E-state index contributed by atoms with van der Waals surface area (Å²) in [5.74, 6) is 1.07. The monoisotopic (exact) mass is 318 g/mol. The van der Waals surface area contributed by atoms with Crippen molar-refractivity contribution in [2.24, 2.45) is 0 Å². The molecule has 2 aromatic rings. The van der Waals surface area contributed by atoms with Gasteiger partial charge < -0.3 is 9.47 Å². The maximum Gasteiger partial charge on any atom is 0.257 e. The second kappa shape index (κ2) is 6.79. The largest absolute Gasteiger partial charge is 0.493 e. The normalized spacial score (nSPS) is 14.8. The minimum atomic E-state index is -0.208. The first-order valence-corrected chi connectivity index (χ1v) is 8.20. The fourth-order valence-electron chi connectivity index (χ4n) is 2.55. The Labute approximate surface area is 133 Å². The van der Waals surface area contributed by atoms with Crippen LogP contribution in [0.2, 0.25) is 0 Å². The van der Waals surface area contributed by atoms with Gasteiger partial charge in [-0.05, 0) is 43.9 Å². The summed E-state index contributed by atoms with van der Waals surface area (Å²) in [7, 11) is 1.58. The molecule has 0 aliphatic heterocycles. The molecule has 0 bridgehead atoms. The summed E-state index contributed by atoms with van der Waals surface area (Å²) in [6.07, 6.45) is 6.48. The summed E-state index contributed by atoms with van der Waals surface area (Å²) in [5, 5.41) is 5.15. The molecule has 1 aromatic carbocycles. The van der Waals surface area contributed by atoms with Gasteiger partial charge in [0, 0.05) is 17.1 Å². The Morgan fingerprint density at radius 2 is 2.14 bits per heavy atom. The fraction of sp³-hybridized carbons (Fsp3) is 0.375. The molecule has 0 atom stereocenters. The molecule has 1 aromatic heterocycles. The minimum Gasteiger partial charge on any atom is -0.493 e. The number of hydrogen-bond acceptors (Lipinski definition) is 5. The first-order chi connectivity index (χ1) is 10.8. The molecule has 116 valence electrons. The lowest BCUT2D eigenvalue weighted by Crippen LogP contribution is -2.14. The highest BCUT2D eigenvalue weighted by Crippen LogP contribution is 2.32. The molecule has 0 unspecified atom stereocenters. The van der Waals surface area contributed by atoms with Crippen molar-refractivity contribution in [2.75, 3.05) is 12.4 Å². The topological polar surface area (TPSA) is 60.5 Å². The average molecular weight is 318 g/mol. The van der Waals surface area contributed by atoms with Crippen LogP contribution in [0.3, 0.4) is 0 Å². The summed E-state index contributed by atoms with van der Waals surface area (Å²) in [6.45, 7) is 0. The molecule has 1 heterocycles. The predicted octanol–water partition coefficient (Wildman–Crippen LogP) is 3.73. The lowest BCUT2D eigenvalue weighted by molar-refractivity contribution is 0.102. The third kappa shape index (κ3) is 3.39. The number of nitrogens with zero attached hydrogens (tertiary/aromatic N) is 1. The van der Waals surface area contributed by atoms with Crippen LogP contribution < -0.4 is 14.8 Å². The van der Waals surface area contributed by atoms with Crippen LogP contribution in [-0.2, 0) is 0 Å². The zero-order chi connectivity index (χ0) is 15.4. The van der Waals surface area contributed by atoms with E-state index in [1.165, 1.54) is 24.2 Å². The van der Waals surface area contributed by atoms with Crippen molar-refractivity contribution in [2.45, 2.75) is 31.8 Å². The van der Waals surface area contributed by atoms with E-state index in [0.717, 1.165) is 12.8 Å². The Hall–Kier alpha value is -2.08. The Morgan fingerprint density at radius 3 is 2.82 bits per heavy atom. The molecule has 5 nitrogen and oxygen atoms in total. The molecule has 1 aliphatic rings. The molecule has 1 saturated carbocycles. The number of ether oxygens (including phenoxy) is 2. The van der Waals surface area contributed by atoms with E-state index in [0.29, 0.717) is 22.2 Å². The number of carbonyl (C=O) groups is 1.